The Labute approximate surface area is 177 Å². The Balaban J connectivity index is 1.22. The Kier molecular flexibility index (Phi) is 4.58. The van der Waals surface area contributed by atoms with E-state index < -0.39 is 11.6 Å². The molecule has 154 valence electrons. The van der Waals surface area contributed by atoms with Gasteiger partial charge in [0.25, 0.3) is 5.91 Å². The fraction of sp³-hybridized carbons (Fsp3) is 0.318. The van der Waals surface area contributed by atoms with Crippen LogP contribution in [0.1, 0.15) is 28.8 Å². The van der Waals surface area contributed by atoms with Crippen LogP contribution in [0, 0.1) is 0 Å². The quantitative estimate of drug-likeness (QED) is 0.552. The highest BCUT2D eigenvalue weighted by Crippen LogP contribution is 2.41. The van der Waals surface area contributed by atoms with Gasteiger partial charge in [0.05, 0.1) is 0 Å². The maximum atomic E-state index is 13.2. The number of aromatic nitrogens is 1. The van der Waals surface area contributed by atoms with Gasteiger partial charge in [-0.25, -0.2) is 4.79 Å². The molecule has 0 bridgehead atoms. The first-order chi connectivity index (χ1) is 14.6. The van der Waals surface area contributed by atoms with E-state index in [0.29, 0.717) is 19.4 Å². The maximum Gasteiger partial charge on any atom is 0.325 e. The molecular weight excluding hydrogens is 400 g/mol. The normalized spacial score (nSPS) is 20.6. The van der Waals surface area contributed by atoms with Crippen molar-refractivity contribution in [3.05, 3.63) is 57.9 Å². The zero-order chi connectivity index (χ0) is 20.7. The molecule has 1 aliphatic carbocycles. The number of amides is 4. The average molecular weight is 423 g/mol. The lowest BCUT2D eigenvalue weighted by Crippen LogP contribution is -2.46. The Bertz CT molecular complexity index is 1150. The summed E-state index contributed by atoms with van der Waals surface area (Å²) in [5.74, 6) is -0.657. The molecule has 30 heavy (non-hydrogen) atoms. The third kappa shape index (κ3) is 2.99. The zero-order valence-corrected chi connectivity index (χ0v) is 17.2. The van der Waals surface area contributed by atoms with Gasteiger partial charge in [0.1, 0.15) is 12.1 Å². The van der Waals surface area contributed by atoms with Crippen molar-refractivity contribution in [2.24, 2.45) is 0 Å². The predicted molar refractivity (Wildman–Crippen MR) is 114 cm³/mol. The molecule has 7 nitrogen and oxygen atoms in total. The Hall–Kier alpha value is -3.13. The van der Waals surface area contributed by atoms with Crippen molar-refractivity contribution in [3.8, 4) is 0 Å². The number of H-pyrrole nitrogens is 1. The van der Waals surface area contributed by atoms with E-state index in [9.17, 15) is 14.4 Å². The molecule has 1 saturated heterocycles. The molecule has 2 aliphatic rings. The van der Waals surface area contributed by atoms with Crippen LogP contribution < -0.4 is 10.6 Å². The standard InChI is InChI=1S/C22H22N4O3S/c27-19(23-10-7-14-12-24-17-5-2-1-4-15(14)17)13-26-20(28)22(25-21(26)29)9-3-6-18-16(22)8-11-30-18/h1-2,4-5,8,11-12,24H,3,6-7,9-10,13H2,(H,23,27)(H,25,29)/t22-/m1/s1. The van der Waals surface area contributed by atoms with Crippen LogP contribution in [0.4, 0.5) is 4.79 Å². The van der Waals surface area contributed by atoms with E-state index in [1.54, 1.807) is 11.3 Å². The minimum Gasteiger partial charge on any atom is -0.361 e. The maximum absolute atomic E-state index is 13.2. The van der Waals surface area contributed by atoms with Gasteiger partial charge in [-0.15, -0.1) is 11.3 Å². The Morgan fingerprint density at radius 3 is 3.00 bits per heavy atom. The molecule has 1 spiro atoms. The van der Waals surface area contributed by atoms with Crippen molar-refractivity contribution in [2.45, 2.75) is 31.2 Å². The molecule has 3 heterocycles. The number of para-hydroxylation sites is 1. The molecule has 0 radical (unpaired) electrons. The summed E-state index contributed by atoms with van der Waals surface area (Å²) in [6.07, 6.45) is 4.94. The minimum atomic E-state index is -1.00. The fourth-order valence-corrected chi connectivity index (χ4v) is 5.56. The van der Waals surface area contributed by atoms with E-state index in [2.05, 4.69) is 15.6 Å². The lowest BCUT2D eigenvalue weighted by molar-refractivity contribution is -0.135. The highest BCUT2D eigenvalue weighted by Gasteiger charge is 2.54. The van der Waals surface area contributed by atoms with Gasteiger partial charge in [-0.05, 0) is 48.8 Å². The number of imide groups is 1. The van der Waals surface area contributed by atoms with E-state index in [0.717, 1.165) is 44.6 Å². The summed E-state index contributed by atoms with van der Waals surface area (Å²) in [5.41, 5.74) is 2.06. The van der Waals surface area contributed by atoms with E-state index >= 15 is 0 Å². The van der Waals surface area contributed by atoms with Gasteiger partial charge in [-0.3, -0.25) is 14.5 Å². The summed E-state index contributed by atoms with van der Waals surface area (Å²) in [7, 11) is 0. The molecular formula is C22H22N4O3S. The van der Waals surface area contributed by atoms with E-state index in [1.165, 1.54) is 0 Å². The second-order valence-corrected chi connectivity index (χ2v) is 8.80. The molecule has 0 saturated carbocycles. The fourth-order valence-electron chi connectivity index (χ4n) is 4.56. The largest absolute Gasteiger partial charge is 0.361 e. The number of nitrogens with one attached hydrogen (secondary N) is 3. The topological polar surface area (TPSA) is 94.3 Å². The molecule has 0 unspecified atom stereocenters. The van der Waals surface area contributed by atoms with Crippen LogP contribution in [-0.2, 0) is 28.0 Å². The van der Waals surface area contributed by atoms with E-state index in [-0.39, 0.29) is 18.4 Å². The van der Waals surface area contributed by atoms with Gasteiger partial charge in [-0.2, -0.15) is 0 Å². The Morgan fingerprint density at radius 1 is 1.23 bits per heavy atom. The first-order valence-electron chi connectivity index (χ1n) is 10.1. The molecule has 4 amide bonds. The van der Waals surface area contributed by atoms with E-state index in [1.807, 2.05) is 41.9 Å². The zero-order valence-electron chi connectivity index (χ0n) is 16.4. The van der Waals surface area contributed by atoms with Crippen LogP contribution in [0.2, 0.25) is 0 Å². The summed E-state index contributed by atoms with van der Waals surface area (Å²) in [4.78, 5) is 43.6. The van der Waals surface area contributed by atoms with Crippen LogP contribution in [0.5, 0.6) is 0 Å². The number of carbonyl (C=O) groups excluding carboxylic acids is 3. The van der Waals surface area contributed by atoms with Crippen LogP contribution >= 0.6 is 11.3 Å². The number of nitrogens with zero attached hydrogens (tertiary/aromatic N) is 1. The number of hydrogen-bond acceptors (Lipinski definition) is 4. The molecule has 3 aromatic rings. The number of fused-ring (bicyclic) bond motifs is 3. The van der Waals surface area contributed by atoms with Crippen molar-refractivity contribution in [1.82, 2.24) is 20.5 Å². The second kappa shape index (κ2) is 7.28. The van der Waals surface area contributed by atoms with Crippen LogP contribution in [0.25, 0.3) is 10.9 Å². The average Bonchev–Trinajstić information content (AvgIpc) is 3.44. The lowest BCUT2D eigenvalue weighted by atomic mass is 9.80. The van der Waals surface area contributed by atoms with Crippen LogP contribution in [0.15, 0.2) is 41.9 Å². The number of hydrogen-bond donors (Lipinski definition) is 3. The molecule has 1 aliphatic heterocycles. The molecule has 3 N–H and O–H groups in total. The minimum absolute atomic E-state index is 0.264. The summed E-state index contributed by atoms with van der Waals surface area (Å²) >= 11 is 1.61. The second-order valence-electron chi connectivity index (χ2n) is 7.80. The highest BCUT2D eigenvalue weighted by molar-refractivity contribution is 7.10. The van der Waals surface area contributed by atoms with Crippen LogP contribution in [0.3, 0.4) is 0 Å². The van der Waals surface area contributed by atoms with Gasteiger partial charge in [-0.1, -0.05) is 18.2 Å². The van der Waals surface area contributed by atoms with Gasteiger partial charge in [0, 0.05) is 34.1 Å². The summed E-state index contributed by atoms with van der Waals surface area (Å²) < 4.78 is 0. The molecule has 2 aromatic heterocycles. The smallest absolute Gasteiger partial charge is 0.325 e. The van der Waals surface area contributed by atoms with E-state index in [4.69, 9.17) is 0 Å². The van der Waals surface area contributed by atoms with Crippen molar-refractivity contribution >= 4 is 40.1 Å². The van der Waals surface area contributed by atoms with Gasteiger partial charge < -0.3 is 15.6 Å². The monoisotopic (exact) mass is 422 g/mol. The number of carbonyl (C=O) groups is 3. The SMILES string of the molecule is O=C(CN1C(=O)N[C@@]2(CCCc3sccc32)C1=O)NCCc1c[nH]c2ccccc12. The first kappa shape index (κ1) is 18.9. The number of aryl methyl sites for hydroxylation is 1. The third-order valence-corrected chi connectivity index (χ3v) is 7.01. The van der Waals surface area contributed by atoms with Crippen LogP contribution in [-0.4, -0.2) is 40.8 Å². The molecule has 1 aromatic carbocycles. The first-order valence-corrected chi connectivity index (χ1v) is 11.0. The number of aromatic amines is 1. The van der Waals surface area contributed by atoms with Crippen molar-refractivity contribution in [2.75, 3.05) is 13.1 Å². The Morgan fingerprint density at radius 2 is 2.10 bits per heavy atom. The van der Waals surface area contributed by atoms with Crippen molar-refractivity contribution < 1.29 is 14.4 Å². The molecule has 5 rings (SSSR count). The molecule has 1 atom stereocenters. The number of thiophene rings is 1. The number of benzene rings is 1. The predicted octanol–water partition coefficient (Wildman–Crippen LogP) is 2.67. The number of rotatable bonds is 5. The van der Waals surface area contributed by atoms with Crippen molar-refractivity contribution in [1.29, 1.82) is 0 Å². The van der Waals surface area contributed by atoms with Gasteiger partial charge in [0.2, 0.25) is 5.91 Å². The van der Waals surface area contributed by atoms with Gasteiger partial charge in [0.15, 0.2) is 0 Å². The van der Waals surface area contributed by atoms with Gasteiger partial charge >= 0.3 is 6.03 Å². The summed E-state index contributed by atoms with van der Waals surface area (Å²) in [6, 6.07) is 9.43. The highest BCUT2D eigenvalue weighted by atomic mass is 32.1. The molecule has 1 fully saturated rings. The van der Waals surface area contributed by atoms with Crippen molar-refractivity contribution in [3.63, 3.8) is 0 Å². The summed E-state index contributed by atoms with van der Waals surface area (Å²) in [5, 5.41) is 8.80. The summed E-state index contributed by atoms with van der Waals surface area (Å²) in [6.45, 7) is 0.171. The lowest BCUT2D eigenvalue weighted by Gasteiger charge is -2.31. The number of urea groups is 1. The molecule has 8 heteroatoms. The third-order valence-electron chi connectivity index (χ3n) is 6.03.